The largest absolute Gasteiger partial charge is 0.241 e. The average Bonchev–Trinajstić information content (AvgIpc) is 2.77. The van der Waals surface area contributed by atoms with Gasteiger partial charge in [-0.1, -0.05) is 13.8 Å². The van der Waals surface area contributed by atoms with Crippen LogP contribution in [0.3, 0.4) is 0 Å². The average molecular weight is 253 g/mol. The molecule has 0 bridgehead atoms. The standard InChI is InChI=1S/C13H13F2NS/c1-3-8(2)12-7-17-13(16-12)10-5-4-9(14)6-11(10)15/h4-8H,3H2,1-2H3. The van der Waals surface area contributed by atoms with E-state index in [2.05, 4.69) is 18.8 Å². The summed E-state index contributed by atoms with van der Waals surface area (Å²) in [5.74, 6) is -0.761. The van der Waals surface area contributed by atoms with Crippen molar-refractivity contribution in [2.45, 2.75) is 26.2 Å². The fourth-order valence-electron chi connectivity index (χ4n) is 1.51. The summed E-state index contributed by atoms with van der Waals surface area (Å²) in [5, 5.41) is 2.55. The van der Waals surface area contributed by atoms with E-state index in [1.165, 1.54) is 23.5 Å². The van der Waals surface area contributed by atoms with Gasteiger partial charge in [0.25, 0.3) is 0 Å². The highest BCUT2D eigenvalue weighted by molar-refractivity contribution is 7.13. The van der Waals surface area contributed by atoms with Crippen LogP contribution in [-0.4, -0.2) is 4.98 Å². The molecule has 0 amide bonds. The smallest absolute Gasteiger partial charge is 0.136 e. The van der Waals surface area contributed by atoms with E-state index in [-0.39, 0.29) is 0 Å². The Labute approximate surface area is 103 Å². The molecule has 0 aliphatic rings. The van der Waals surface area contributed by atoms with Crippen LogP contribution < -0.4 is 0 Å². The first kappa shape index (κ1) is 12.2. The molecule has 1 atom stereocenters. The number of aromatic nitrogens is 1. The lowest BCUT2D eigenvalue weighted by molar-refractivity contribution is 0.585. The Hall–Kier alpha value is -1.29. The van der Waals surface area contributed by atoms with Gasteiger partial charge in [-0.3, -0.25) is 0 Å². The zero-order valence-corrected chi connectivity index (χ0v) is 10.5. The quantitative estimate of drug-likeness (QED) is 0.779. The Morgan fingerprint density at radius 1 is 1.35 bits per heavy atom. The summed E-state index contributed by atoms with van der Waals surface area (Å²) in [7, 11) is 0. The van der Waals surface area contributed by atoms with Gasteiger partial charge in [-0.2, -0.15) is 0 Å². The summed E-state index contributed by atoms with van der Waals surface area (Å²) in [6, 6.07) is 3.58. The minimum Gasteiger partial charge on any atom is -0.241 e. The van der Waals surface area contributed by atoms with E-state index in [1.54, 1.807) is 0 Å². The van der Waals surface area contributed by atoms with Crippen molar-refractivity contribution >= 4 is 11.3 Å². The number of benzene rings is 1. The van der Waals surface area contributed by atoms with Crippen molar-refractivity contribution in [1.82, 2.24) is 4.98 Å². The van der Waals surface area contributed by atoms with Crippen LogP contribution in [0.4, 0.5) is 8.78 Å². The van der Waals surface area contributed by atoms with Gasteiger partial charge in [0.1, 0.15) is 16.6 Å². The molecule has 0 saturated heterocycles. The van der Waals surface area contributed by atoms with Crippen molar-refractivity contribution in [3.8, 4) is 10.6 Å². The summed E-state index contributed by atoms with van der Waals surface area (Å²) in [6.45, 7) is 4.17. The van der Waals surface area contributed by atoms with Crippen molar-refractivity contribution in [1.29, 1.82) is 0 Å². The monoisotopic (exact) mass is 253 g/mol. The van der Waals surface area contributed by atoms with Crippen LogP contribution in [0.25, 0.3) is 10.6 Å². The van der Waals surface area contributed by atoms with E-state index in [0.717, 1.165) is 18.2 Å². The first-order chi connectivity index (χ1) is 8.11. The van der Waals surface area contributed by atoms with E-state index in [4.69, 9.17) is 0 Å². The minimum atomic E-state index is -0.565. The van der Waals surface area contributed by atoms with Crippen LogP contribution in [0.15, 0.2) is 23.6 Å². The van der Waals surface area contributed by atoms with Gasteiger partial charge in [0.2, 0.25) is 0 Å². The molecule has 1 heterocycles. The van der Waals surface area contributed by atoms with Crippen molar-refractivity contribution in [3.63, 3.8) is 0 Å². The molecule has 0 spiro atoms. The predicted molar refractivity (Wildman–Crippen MR) is 66.2 cm³/mol. The Bertz CT molecular complexity index is 522. The molecule has 0 aliphatic carbocycles. The van der Waals surface area contributed by atoms with E-state index in [1.807, 2.05) is 5.38 Å². The minimum absolute atomic E-state index is 0.364. The maximum absolute atomic E-state index is 13.6. The molecule has 0 saturated carbocycles. The second-order valence-corrected chi connectivity index (χ2v) is 4.87. The molecule has 0 radical (unpaired) electrons. The van der Waals surface area contributed by atoms with Gasteiger partial charge < -0.3 is 0 Å². The molecule has 1 nitrogen and oxygen atoms in total. The van der Waals surface area contributed by atoms with Crippen molar-refractivity contribution in [2.24, 2.45) is 0 Å². The normalized spacial score (nSPS) is 12.7. The lowest BCUT2D eigenvalue weighted by Gasteiger charge is -2.03. The van der Waals surface area contributed by atoms with Crippen molar-refractivity contribution in [2.75, 3.05) is 0 Å². The molecule has 2 aromatic rings. The molecule has 0 fully saturated rings. The zero-order chi connectivity index (χ0) is 12.4. The van der Waals surface area contributed by atoms with E-state index in [0.29, 0.717) is 16.5 Å². The Morgan fingerprint density at radius 2 is 2.12 bits per heavy atom. The van der Waals surface area contributed by atoms with Crippen LogP contribution in [0, 0.1) is 11.6 Å². The van der Waals surface area contributed by atoms with Crippen LogP contribution in [-0.2, 0) is 0 Å². The first-order valence-corrected chi connectivity index (χ1v) is 6.40. The Kier molecular flexibility index (Phi) is 3.52. The first-order valence-electron chi connectivity index (χ1n) is 5.52. The number of thiazole rings is 1. The van der Waals surface area contributed by atoms with E-state index >= 15 is 0 Å². The van der Waals surface area contributed by atoms with Crippen LogP contribution in [0.2, 0.25) is 0 Å². The fourth-order valence-corrected chi connectivity index (χ4v) is 2.48. The molecule has 1 unspecified atom stereocenters. The Balaban J connectivity index is 2.37. The van der Waals surface area contributed by atoms with E-state index < -0.39 is 11.6 Å². The third-order valence-electron chi connectivity index (χ3n) is 2.80. The van der Waals surface area contributed by atoms with E-state index in [9.17, 15) is 8.78 Å². The molecule has 4 heteroatoms. The summed E-state index contributed by atoms with van der Waals surface area (Å²) < 4.78 is 26.3. The lowest BCUT2D eigenvalue weighted by Crippen LogP contribution is -1.92. The van der Waals surface area contributed by atoms with Gasteiger partial charge in [-0.25, -0.2) is 13.8 Å². The number of halogens is 2. The van der Waals surface area contributed by atoms with Gasteiger partial charge in [-0.15, -0.1) is 11.3 Å². The summed E-state index contributed by atoms with van der Waals surface area (Å²) >= 11 is 1.39. The molecule has 2 rings (SSSR count). The molecular weight excluding hydrogens is 240 g/mol. The summed E-state index contributed by atoms with van der Waals surface area (Å²) in [4.78, 5) is 4.40. The number of hydrogen-bond acceptors (Lipinski definition) is 2. The molecule has 0 N–H and O–H groups in total. The molecular formula is C13H13F2NS. The van der Waals surface area contributed by atoms with Crippen LogP contribution in [0.5, 0.6) is 0 Å². The van der Waals surface area contributed by atoms with Crippen molar-refractivity contribution < 1.29 is 8.78 Å². The van der Waals surface area contributed by atoms with Gasteiger partial charge in [-0.05, 0) is 24.5 Å². The van der Waals surface area contributed by atoms with Gasteiger partial charge in [0.05, 0.1) is 5.69 Å². The summed E-state index contributed by atoms with van der Waals surface area (Å²) in [5.41, 5.74) is 1.34. The molecule has 90 valence electrons. The molecule has 0 aliphatic heterocycles. The van der Waals surface area contributed by atoms with Crippen LogP contribution in [0.1, 0.15) is 31.9 Å². The topological polar surface area (TPSA) is 12.9 Å². The highest BCUT2D eigenvalue weighted by Gasteiger charge is 2.13. The second-order valence-electron chi connectivity index (χ2n) is 4.01. The van der Waals surface area contributed by atoms with Crippen LogP contribution >= 0.6 is 11.3 Å². The molecule has 1 aromatic carbocycles. The predicted octanol–water partition coefficient (Wildman–Crippen LogP) is 4.60. The molecule has 1 aromatic heterocycles. The van der Waals surface area contributed by atoms with Gasteiger partial charge >= 0.3 is 0 Å². The zero-order valence-electron chi connectivity index (χ0n) is 9.71. The Morgan fingerprint density at radius 3 is 2.76 bits per heavy atom. The number of nitrogens with zero attached hydrogens (tertiary/aromatic N) is 1. The number of hydrogen-bond donors (Lipinski definition) is 0. The molecule has 17 heavy (non-hydrogen) atoms. The fraction of sp³-hybridized carbons (Fsp3) is 0.308. The highest BCUT2D eigenvalue weighted by Crippen LogP contribution is 2.29. The van der Waals surface area contributed by atoms with Gasteiger partial charge in [0.15, 0.2) is 0 Å². The van der Waals surface area contributed by atoms with Gasteiger partial charge in [0, 0.05) is 17.0 Å². The third-order valence-corrected chi connectivity index (χ3v) is 3.69. The summed E-state index contributed by atoms with van der Waals surface area (Å²) in [6.07, 6.45) is 0.995. The highest BCUT2D eigenvalue weighted by atomic mass is 32.1. The lowest BCUT2D eigenvalue weighted by atomic mass is 10.1. The maximum Gasteiger partial charge on any atom is 0.136 e. The second kappa shape index (κ2) is 4.92. The van der Waals surface area contributed by atoms with Crippen molar-refractivity contribution in [3.05, 3.63) is 40.9 Å². The maximum atomic E-state index is 13.6. The SMILES string of the molecule is CCC(C)c1csc(-c2ccc(F)cc2F)n1. The number of rotatable bonds is 3. The third kappa shape index (κ3) is 2.52.